The summed E-state index contributed by atoms with van der Waals surface area (Å²) in [5, 5.41) is 13.7. The Morgan fingerprint density at radius 3 is 3.17 bits per heavy atom. The van der Waals surface area contributed by atoms with E-state index in [1.165, 1.54) is 0 Å². The standard InChI is InChI=1S/C17H19FN2O3/c18-10-13(21)11-3-1-4-12(9-11)15-19-16(23-20-15)17-6-2-5-14(17)22-8-7-17/h1,3-4,9,13-14,21H,2,5-8,10H2/t13?,14-,17+/m1/s1. The number of ether oxygens (including phenoxy) is 1. The maximum absolute atomic E-state index is 12.6. The minimum absolute atomic E-state index is 0.138. The quantitative estimate of drug-likeness (QED) is 0.938. The summed E-state index contributed by atoms with van der Waals surface area (Å²) in [6.07, 6.45) is 3.13. The Morgan fingerprint density at radius 2 is 2.30 bits per heavy atom. The minimum atomic E-state index is -1.12. The summed E-state index contributed by atoms with van der Waals surface area (Å²) in [5.41, 5.74) is 1.09. The summed E-state index contributed by atoms with van der Waals surface area (Å²) in [7, 11) is 0. The molecular weight excluding hydrogens is 299 g/mol. The van der Waals surface area contributed by atoms with E-state index >= 15 is 0 Å². The Morgan fingerprint density at radius 1 is 1.39 bits per heavy atom. The highest BCUT2D eigenvalue weighted by Crippen LogP contribution is 2.48. The molecule has 2 fully saturated rings. The highest BCUT2D eigenvalue weighted by atomic mass is 19.1. The molecule has 1 saturated heterocycles. The van der Waals surface area contributed by atoms with Crippen LogP contribution in [0, 0.1) is 0 Å². The monoisotopic (exact) mass is 318 g/mol. The molecule has 2 aromatic rings. The van der Waals surface area contributed by atoms with Gasteiger partial charge >= 0.3 is 0 Å². The van der Waals surface area contributed by atoms with Gasteiger partial charge in [0, 0.05) is 12.2 Å². The van der Waals surface area contributed by atoms with Gasteiger partial charge in [-0.05, 0) is 37.3 Å². The maximum atomic E-state index is 12.6. The number of aliphatic hydroxyl groups is 1. The van der Waals surface area contributed by atoms with Crippen molar-refractivity contribution in [1.82, 2.24) is 10.1 Å². The third kappa shape index (κ3) is 2.37. The molecule has 1 aromatic carbocycles. The lowest BCUT2D eigenvalue weighted by Crippen LogP contribution is -2.30. The zero-order chi connectivity index (χ0) is 15.9. The molecule has 2 heterocycles. The van der Waals surface area contributed by atoms with E-state index < -0.39 is 12.8 Å². The first-order valence-corrected chi connectivity index (χ1v) is 8.03. The molecule has 0 amide bonds. The number of halogens is 1. The topological polar surface area (TPSA) is 68.4 Å². The van der Waals surface area contributed by atoms with Gasteiger partial charge < -0.3 is 14.4 Å². The molecule has 1 saturated carbocycles. The molecule has 2 aliphatic rings. The fourth-order valence-corrected chi connectivity index (χ4v) is 3.82. The average molecular weight is 318 g/mol. The number of nitrogens with zero attached hydrogens (tertiary/aromatic N) is 2. The molecule has 4 rings (SSSR count). The number of hydrogen-bond acceptors (Lipinski definition) is 5. The Hall–Kier alpha value is -1.79. The molecule has 0 radical (unpaired) electrons. The van der Waals surface area contributed by atoms with Gasteiger partial charge in [-0.25, -0.2) is 4.39 Å². The molecule has 1 N–H and O–H groups in total. The molecule has 1 aliphatic heterocycles. The van der Waals surface area contributed by atoms with Gasteiger partial charge in [-0.1, -0.05) is 23.4 Å². The number of rotatable bonds is 4. The third-order valence-corrected chi connectivity index (χ3v) is 5.10. The van der Waals surface area contributed by atoms with Crippen molar-refractivity contribution < 1.29 is 18.8 Å². The van der Waals surface area contributed by atoms with E-state index in [4.69, 9.17) is 9.26 Å². The summed E-state index contributed by atoms with van der Waals surface area (Å²) in [5.74, 6) is 1.11. The maximum Gasteiger partial charge on any atom is 0.235 e. The van der Waals surface area contributed by atoms with Crippen LogP contribution in [0.5, 0.6) is 0 Å². The van der Waals surface area contributed by atoms with Crippen molar-refractivity contribution in [3.05, 3.63) is 35.7 Å². The van der Waals surface area contributed by atoms with E-state index in [1.807, 2.05) is 6.07 Å². The Kier molecular flexibility index (Phi) is 3.66. The Balaban J connectivity index is 1.66. The SMILES string of the molecule is OC(CF)c1cccc(-c2noc([C@]34CCC[C@H]3OCC4)n2)c1. The van der Waals surface area contributed by atoms with Crippen molar-refractivity contribution in [3.8, 4) is 11.4 Å². The highest BCUT2D eigenvalue weighted by Gasteiger charge is 2.52. The third-order valence-electron chi connectivity index (χ3n) is 5.10. The van der Waals surface area contributed by atoms with Crippen molar-refractivity contribution in [2.45, 2.75) is 43.3 Å². The smallest absolute Gasteiger partial charge is 0.235 e. The van der Waals surface area contributed by atoms with Gasteiger partial charge in [0.2, 0.25) is 11.7 Å². The molecule has 0 spiro atoms. The van der Waals surface area contributed by atoms with Crippen molar-refractivity contribution >= 4 is 0 Å². The van der Waals surface area contributed by atoms with Crippen molar-refractivity contribution in [2.24, 2.45) is 0 Å². The van der Waals surface area contributed by atoms with Crippen molar-refractivity contribution in [1.29, 1.82) is 0 Å². The summed E-state index contributed by atoms with van der Waals surface area (Å²) in [4.78, 5) is 4.59. The molecule has 5 nitrogen and oxygen atoms in total. The van der Waals surface area contributed by atoms with Crippen LogP contribution < -0.4 is 0 Å². The largest absolute Gasteiger partial charge is 0.386 e. The first-order chi connectivity index (χ1) is 11.2. The van der Waals surface area contributed by atoms with Gasteiger partial charge in [0.15, 0.2) is 0 Å². The normalized spacial score (nSPS) is 28.0. The van der Waals surface area contributed by atoms with Gasteiger partial charge in [0.05, 0.1) is 11.5 Å². The molecule has 6 heteroatoms. The number of hydrogen-bond donors (Lipinski definition) is 1. The second-order valence-corrected chi connectivity index (χ2v) is 6.38. The number of aliphatic hydroxyl groups excluding tert-OH is 1. The van der Waals surface area contributed by atoms with Gasteiger partial charge in [0.1, 0.15) is 12.8 Å². The van der Waals surface area contributed by atoms with Gasteiger partial charge in [-0.15, -0.1) is 0 Å². The lowest BCUT2D eigenvalue weighted by Gasteiger charge is -2.22. The molecule has 122 valence electrons. The van der Waals surface area contributed by atoms with Crippen LogP contribution in [0.4, 0.5) is 4.39 Å². The van der Waals surface area contributed by atoms with Crippen LogP contribution in [0.2, 0.25) is 0 Å². The van der Waals surface area contributed by atoms with Crippen LogP contribution in [0.25, 0.3) is 11.4 Å². The van der Waals surface area contributed by atoms with Crippen LogP contribution >= 0.6 is 0 Å². The molecular formula is C17H19FN2O3. The highest BCUT2D eigenvalue weighted by molar-refractivity contribution is 5.56. The van der Waals surface area contributed by atoms with E-state index in [9.17, 15) is 9.50 Å². The summed E-state index contributed by atoms with van der Waals surface area (Å²) in [6.45, 7) is -0.0797. The lowest BCUT2D eigenvalue weighted by atomic mass is 9.83. The number of fused-ring (bicyclic) bond motifs is 1. The second kappa shape index (κ2) is 5.69. The lowest BCUT2D eigenvalue weighted by molar-refractivity contribution is 0.0847. The van der Waals surface area contributed by atoms with Crippen LogP contribution in [0.3, 0.4) is 0 Å². The zero-order valence-electron chi connectivity index (χ0n) is 12.7. The molecule has 3 atom stereocenters. The first-order valence-electron chi connectivity index (χ1n) is 8.03. The Labute approximate surface area is 133 Å². The van der Waals surface area contributed by atoms with Crippen molar-refractivity contribution in [3.63, 3.8) is 0 Å². The van der Waals surface area contributed by atoms with E-state index in [0.717, 1.165) is 37.9 Å². The van der Waals surface area contributed by atoms with Crippen molar-refractivity contribution in [2.75, 3.05) is 13.3 Å². The molecule has 1 aliphatic carbocycles. The van der Waals surface area contributed by atoms with Crippen LogP contribution in [0.1, 0.15) is 43.2 Å². The molecule has 1 unspecified atom stereocenters. The Bertz CT molecular complexity index is 693. The predicted molar refractivity (Wildman–Crippen MR) is 80.6 cm³/mol. The molecule has 1 aromatic heterocycles. The summed E-state index contributed by atoms with van der Waals surface area (Å²) < 4.78 is 24.0. The van der Waals surface area contributed by atoms with E-state index in [0.29, 0.717) is 17.3 Å². The number of benzene rings is 1. The summed E-state index contributed by atoms with van der Waals surface area (Å²) >= 11 is 0. The van der Waals surface area contributed by atoms with E-state index in [-0.39, 0.29) is 11.5 Å². The van der Waals surface area contributed by atoms with Gasteiger partial charge in [0.25, 0.3) is 0 Å². The fourth-order valence-electron chi connectivity index (χ4n) is 3.82. The van der Waals surface area contributed by atoms with Crippen LogP contribution in [-0.2, 0) is 10.2 Å². The van der Waals surface area contributed by atoms with Crippen LogP contribution in [-0.4, -0.2) is 34.6 Å². The second-order valence-electron chi connectivity index (χ2n) is 6.38. The molecule has 0 bridgehead atoms. The summed E-state index contributed by atoms with van der Waals surface area (Å²) in [6, 6.07) is 6.98. The van der Waals surface area contributed by atoms with E-state index in [2.05, 4.69) is 10.1 Å². The fraction of sp³-hybridized carbons (Fsp3) is 0.529. The van der Waals surface area contributed by atoms with Crippen LogP contribution in [0.15, 0.2) is 28.8 Å². The minimum Gasteiger partial charge on any atom is -0.386 e. The first kappa shape index (κ1) is 14.8. The number of alkyl halides is 1. The number of aromatic nitrogens is 2. The van der Waals surface area contributed by atoms with Gasteiger partial charge in [-0.2, -0.15) is 4.98 Å². The average Bonchev–Trinajstić information content (AvgIpc) is 3.28. The van der Waals surface area contributed by atoms with Gasteiger partial charge in [-0.3, -0.25) is 0 Å². The predicted octanol–water partition coefficient (Wildman–Crippen LogP) is 2.95. The van der Waals surface area contributed by atoms with E-state index in [1.54, 1.807) is 18.2 Å². The molecule has 23 heavy (non-hydrogen) atoms. The zero-order valence-corrected chi connectivity index (χ0v) is 12.7.